The van der Waals surface area contributed by atoms with Crippen LogP contribution >= 0.6 is 15.9 Å². The quantitative estimate of drug-likeness (QED) is 0.181. The van der Waals surface area contributed by atoms with Crippen molar-refractivity contribution in [3.05, 3.63) is 0 Å². The number of hydrogen-bond donors (Lipinski definition) is 0. The molecular formula is C20H41Br. The van der Waals surface area contributed by atoms with Gasteiger partial charge in [0.2, 0.25) is 0 Å². The molecule has 1 heteroatoms. The van der Waals surface area contributed by atoms with Crippen LogP contribution < -0.4 is 0 Å². The molecule has 128 valence electrons. The number of rotatable bonds is 17. The third-order valence-electron chi connectivity index (χ3n) is 4.65. The fourth-order valence-corrected chi connectivity index (χ4v) is 3.73. The van der Waals surface area contributed by atoms with Gasteiger partial charge in [-0.3, -0.25) is 0 Å². The van der Waals surface area contributed by atoms with E-state index in [-0.39, 0.29) is 0 Å². The van der Waals surface area contributed by atoms with Crippen LogP contribution in [0.2, 0.25) is 0 Å². The highest BCUT2D eigenvalue weighted by Gasteiger charge is 2.06. The third-order valence-corrected chi connectivity index (χ3v) is 5.57. The smallest absolute Gasteiger partial charge is 0.00596 e. The summed E-state index contributed by atoms with van der Waals surface area (Å²) in [5.74, 6) is 0.941. The van der Waals surface area contributed by atoms with E-state index in [9.17, 15) is 0 Å². The lowest BCUT2D eigenvalue weighted by molar-refractivity contribution is 0.438. The van der Waals surface area contributed by atoms with Crippen LogP contribution in [0.3, 0.4) is 0 Å². The van der Waals surface area contributed by atoms with Crippen molar-refractivity contribution >= 4 is 15.9 Å². The molecule has 0 aliphatic heterocycles. The van der Waals surface area contributed by atoms with Gasteiger partial charge in [-0.2, -0.15) is 0 Å². The molecule has 0 aromatic carbocycles. The van der Waals surface area contributed by atoms with Gasteiger partial charge in [0.25, 0.3) is 0 Å². The normalized spacial score (nSPS) is 12.7. The maximum Gasteiger partial charge on any atom is 0.00596 e. The van der Waals surface area contributed by atoms with Crippen LogP contribution in [0.4, 0.5) is 0 Å². The average Bonchev–Trinajstić information content (AvgIpc) is 2.51. The Bertz CT molecular complexity index is 179. The summed E-state index contributed by atoms with van der Waals surface area (Å²) in [6.45, 7) is 4.59. The van der Waals surface area contributed by atoms with E-state index in [1.54, 1.807) is 0 Å². The molecule has 0 N–H and O–H groups in total. The van der Waals surface area contributed by atoms with Crippen molar-refractivity contribution in [2.75, 3.05) is 5.33 Å². The number of halogens is 1. The average molecular weight is 361 g/mol. The molecule has 0 aliphatic carbocycles. The van der Waals surface area contributed by atoms with Gasteiger partial charge in [-0.1, -0.05) is 120 Å². The SMILES string of the molecule is CCCCCCCCCC[C@H](CBr)CCCCCCCC. The highest BCUT2D eigenvalue weighted by molar-refractivity contribution is 9.09. The first-order chi connectivity index (χ1) is 10.3. The summed E-state index contributed by atoms with van der Waals surface area (Å²) in [6, 6.07) is 0. The predicted molar refractivity (Wildman–Crippen MR) is 103 cm³/mol. The number of unbranched alkanes of at least 4 members (excludes halogenated alkanes) is 12. The van der Waals surface area contributed by atoms with E-state index in [1.165, 1.54) is 108 Å². The molecule has 0 saturated heterocycles. The number of alkyl halides is 1. The summed E-state index contributed by atoms with van der Waals surface area (Å²) < 4.78 is 0. The van der Waals surface area contributed by atoms with Crippen LogP contribution in [0.15, 0.2) is 0 Å². The second kappa shape index (κ2) is 18.5. The summed E-state index contributed by atoms with van der Waals surface area (Å²) in [4.78, 5) is 0. The molecular weight excluding hydrogens is 320 g/mol. The Kier molecular flexibility index (Phi) is 19.0. The minimum Gasteiger partial charge on any atom is -0.0925 e. The van der Waals surface area contributed by atoms with E-state index in [4.69, 9.17) is 0 Å². The molecule has 0 unspecified atom stereocenters. The van der Waals surface area contributed by atoms with Gasteiger partial charge < -0.3 is 0 Å². The summed E-state index contributed by atoms with van der Waals surface area (Å²) in [5.41, 5.74) is 0. The summed E-state index contributed by atoms with van der Waals surface area (Å²) in [5, 5.41) is 1.22. The molecule has 0 aromatic rings. The first kappa shape index (κ1) is 21.5. The van der Waals surface area contributed by atoms with Crippen molar-refractivity contribution in [1.82, 2.24) is 0 Å². The van der Waals surface area contributed by atoms with E-state index < -0.39 is 0 Å². The largest absolute Gasteiger partial charge is 0.0925 e. The monoisotopic (exact) mass is 360 g/mol. The highest BCUT2D eigenvalue weighted by Crippen LogP contribution is 2.21. The zero-order valence-electron chi connectivity index (χ0n) is 15.0. The van der Waals surface area contributed by atoms with Crippen molar-refractivity contribution in [1.29, 1.82) is 0 Å². The fraction of sp³-hybridized carbons (Fsp3) is 1.00. The Morgan fingerprint density at radius 1 is 0.524 bits per heavy atom. The Labute approximate surface area is 144 Å². The Morgan fingerprint density at radius 3 is 1.19 bits per heavy atom. The molecule has 0 fully saturated rings. The third kappa shape index (κ3) is 16.7. The van der Waals surface area contributed by atoms with Gasteiger partial charge in [0, 0.05) is 5.33 Å². The first-order valence-electron chi connectivity index (χ1n) is 9.91. The van der Waals surface area contributed by atoms with E-state index >= 15 is 0 Å². The molecule has 0 aromatic heterocycles. The van der Waals surface area contributed by atoms with E-state index in [0.29, 0.717) is 0 Å². The van der Waals surface area contributed by atoms with Crippen LogP contribution in [0.1, 0.15) is 117 Å². The first-order valence-corrected chi connectivity index (χ1v) is 11.0. The molecule has 21 heavy (non-hydrogen) atoms. The van der Waals surface area contributed by atoms with Gasteiger partial charge >= 0.3 is 0 Å². The van der Waals surface area contributed by atoms with Crippen LogP contribution in [0, 0.1) is 5.92 Å². The van der Waals surface area contributed by atoms with Gasteiger partial charge in [0.1, 0.15) is 0 Å². The minimum atomic E-state index is 0.941. The lowest BCUT2D eigenvalue weighted by atomic mass is 9.96. The highest BCUT2D eigenvalue weighted by atomic mass is 79.9. The standard InChI is InChI=1S/C20H41Br/c1-3-5-7-9-11-12-14-16-18-20(19-21)17-15-13-10-8-6-4-2/h20H,3-19H2,1-2H3/t20-/m1/s1. The van der Waals surface area contributed by atoms with Gasteiger partial charge in [-0.05, 0) is 18.8 Å². The van der Waals surface area contributed by atoms with E-state index in [1.807, 2.05) is 0 Å². The minimum absolute atomic E-state index is 0.941. The van der Waals surface area contributed by atoms with E-state index in [0.717, 1.165) is 5.92 Å². The zero-order chi connectivity index (χ0) is 15.6. The second-order valence-corrected chi connectivity index (χ2v) is 7.49. The lowest BCUT2D eigenvalue weighted by Crippen LogP contribution is -2.02. The number of hydrogen-bond acceptors (Lipinski definition) is 0. The molecule has 0 rings (SSSR count). The summed E-state index contributed by atoms with van der Waals surface area (Å²) in [6.07, 6.45) is 23.1. The van der Waals surface area contributed by atoms with Gasteiger partial charge in [0.15, 0.2) is 0 Å². The molecule has 0 saturated carbocycles. The molecule has 0 nitrogen and oxygen atoms in total. The van der Waals surface area contributed by atoms with Crippen LogP contribution in [-0.4, -0.2) is 5.33 Å². The van der Waals surface area contributed by atoms with Crippen molar-refractivity contribution in [2.45, 2.75) is 117 Å². The Morgan fingerprint density at radius 2 is 0.857 bits per heavy atom. The van der Waals surface area contributed by atoms with Crippen molar-refractivity contribution in [3.63, 3.8) is 0 Å². The fourth-order valence-electron chi connectivity index (χ4n) is 3.08. The Hall–Kier alpha value is 0.480. The lowest BCUT2D eigenvalue weighted by Gasteiger charge is -2.13. The molecule has 0 radical (unpaired) electrons. The van der Waals surface area contributed by atoms with Crippen LogP contribution in [0.25, 0.3) is 0 Å². The second-order valence-electron chi connectivity index (χ2n) is 6.84. The molecule has 0 amide bonds. The summed E-state index contributed by atoms with van der Waals surface area (Å²) >= 11 is 3.72. The molecule has 0 heterocycles. The molecule has 0 aliphatic rings. The predicted octanol–water partition coefficient (Wildman–Crippen LogP) is 8.28. The van der Waals surface area contributed by atoms with Crippen molar-refractivity contribution in [3.8, 4) is 0 Å². The maximum absolute atomic E-state index is 3.72. The maximum atomic E-state index is 3.72. The topological polar surface area (TPSA) is 0 Å². The Balaban J connectivity index is 3.28. The van der Waals surface area contributed by atoms with Gasteiger partial charge in [0.05, 0.1) is 0 Å². The summed E-state index contributed by atoms with van der Waals surface area (Å²) in [7, 11) is 0. The van der Waals surface area contributed by atoms with Crippen molar-refractivity contribution < 1.29 is 0 Å². The van der Waals surface area contributed by atoms with Crippen molar-refractivity contribution in [2.24, 2.45) is 5.92 Å². The molecule has 0 bridgehead atoms. The van der Waals surface area contributed by atoms with Gasteiger partial charge in [-0.25, -0.2) is 0 Å². The van der Waals surface area contributed by atoms with Crippen LogP contribution in [-0.2, 0) is 0 Å². The molecule has 0 spiro atoms. The zero-order valence-corrected chi connectivity index (χ0v) is 16.6. The molecule has 1 atom stereocenters. The van der Waals surface area contributed by atoms with Gasteiger partial charge in [-0.15, -0.1) is 0 Å². The van der Waals surface area contributed by atoms with E-state index in [2.05, 4.69) is 29.8 Å². The van der Waals surface area contributed by atoms with Crippen LogP contribution in [0.5, 0.6) is 0 Å².